The van der Waals surface area contributed by atoms with Crippen molar-refractivity contribution in [3.63, 3.8) is 0 Å². The first-order valence-electron chi connectivity index (χ1n) is 5.60. The van der Waals surface area contributed by atoms with Crippen LogP contribution in [-0.4, -0.2) is 39.9 Å². The molecule has 1 aromatic rings. The highest BCUT2D eigenvalue weighted by atomic mass is 35.5. The fourth-order valence-corrected chi connectivity index (χ4v) is 3.17. The zero-order valence-corrected chi connectivity index (χ0v) is 11.5. The van der Waals surface area contributed by atoms with Crippen LogP contribution in [0.2, 0.25) is 5.02 Å². The summed E-state index contributed by atoms with van der Waals surface area (Å²) in [6.45, 7) is 4.72. The van der Waals surface area contributed by atoms with Gasteiger partial charge in [-0.2, -0.15) is 11.8 Å². The number of carbonyl (C=O) groups is 1. The minimum atomic E-state index is -0.00435. The SMILES string of the molecule is Cc1cc(Cl)c(C(=O)N2CCSCC2C)cn1. The van der Waals surface area contributed by atoms with Gasteiger partial charge in [0.1, 0.15) is 0 Å². The lowest BCUT2D eigenvalue weighted by Gasteiger charge is -2.33. The molecule has 1 aliphatic rings. The monoisotopic (exact) mass is 270 g/mol. The molecule has 0 bridgehead atoms. The molecule has 5 heteroatoms. The molecule has 1 amide bonds. The highest BCUT2D eigenvalue weighted by Gasteiger charge is 2.26. The summed E-state index contributed by atoms with van der Waals surface area (Å²) in [5.74, 6) is 1.98. The minimum absolute atomic E-state index is 0.00435. The van der Waals surface area contributed by atoms with Crippen LogP contribution in [0.3, 0.4) is 0 Å². The second-order valence-electron chi connectivity index (χ2n) is 4.23. The maximum atomic E-state index is 12.3. The summed E-state index contributed by atoms with van der Waals surface area (Å²) in [7, 11) is 0. The lowest BCUT2D eigenvalue weighted by molar-refractivity contribution is 0.0716. The van der Waals surface area contributed by atoms with E-state index in [-0.39, 0.29) is 11.9 Å². The first-order chi connectivity index (χ1) is 8.09. The Morgan fingerprint density at radius 3 is 3.06 bits per heavy atom. The molecule has 1 aromatic heterocycles. The van der Waals surface area contributed by atoms with Crippen LogP contribution < -0.4 is 0 Å². The van der Waals surface area contributed by atoms with Crippen molar-refractivity contribution in [2.75, 3.05) is 18.1 Å². The Bertz CT molecular complexity index is 439. The van der Waals surface area contributed by atoms with Gasteiger partial charge in [0.15, 0.2) is 0 Å². The molecule has 0 aromatic carbocycles. The van der Waals surface area contributed by atoms with Crippen molar-refractivity contribution < 1.29 is 4.79 Å². The largest absolute Gasteiger partial charge is 0.334 e. The van der Waals surface area contributed by atoms with Gasteiger partial charge < -0.3 is 4.90 Å². The van der Waals surface area contributed by atoms with Crippen LogP contribution in [-0.2, 0) is 0 Å². The number of carbonyl (C=O) groups excluding carboxylic acids is 1. The van der Waals surface area contributed by atoms with Crippen LogP contribution in [0.5, 0.6) is 0 Å². The van der Waals surface area contributed by atoms with Gasteiger partial charge in [-0.3, -0.25) is 9.78 Å². The molecule has 2 heterocycles. The average Bonchev–Trinajstić information content (AvgIpc) is 2.29. The third-order valence-electron chi connectivity index (χ3n) is 2.85. The van der Waals surface area contributed by atoms with E-state index < -0.39 is 0 Å². The smallest absolute Gasteiger partial charge is 0.257 e. The zero-order valence-electron chi connectivity index (χ0n) is 9.94. The summed E-state index contributed by atoms with van der Waals surface area (Å²) in [6.07, 6.45) is 1.58. The Morgan fingerprint density at radius 2 is 2.41 bits per heavy atom. The van der Waals surface area contributed by atoms with Gasteiger partial charge in [-0.05, 0) is 19.9 Å². The number of rotatable bonds is 1. The van der Waals surface area contributed by atoms with Crippen molar-refractivity contribution in [3.8, 4) is 0 Å². The Kier molecular flexibility index (Phi) is 3.94. The van der Waals surface area contributed by atoms with E-state index in [1.807, 2.05) is 23.6 Å². The van der Waals surface area contributed by atoms with Gasteiger partial charge in [-0.1, -0.05) is 11.6 Å². The van der Waals surface area contributed by atoms with Gasteiger partial charge in [0.2, 0.25) is 0 Å². The molecule has 1 aliphatic heterocycles. The molecular formula is C12H15ClN2OS. The Balaban J connectivity index is 2.24. The minimum Gasteiger partial charge on any atom is -0.334 e. The standard InChI is InChI=1S/C12H15ClN2OS/c1-8-5-11(13)10(6-14-8)12(16)15-3-4-17-7-9(15)2/h5-6,9H,3-4,7H2,1-2H3. The molecule has 1 fully saturated rings. The summed E-state index contributed by atoms with van der Waals surface area (Å²) >= 11 is 7.98. The third kappa shape index (κ3) is 2.75. The second-order valence-corrected chi connectivity index (χ2v) is 5.79. The molecule has 0 aliphatic carbocycles. The highest BCUT2D eigenvalue weighted by molar-refractivity contribution is 7.99. The lowest BCUT2D eigenvalue weighted by Crippen LogP contribution is -2.44. The molecule has 17 heavy (non-hydrogen) atoms. The van der Waals surface area contributed by atoms with E-state index in [2.05, 4.69) is 11.9 Å². The van der Waals surface area contributed by atoms with Crippen molar-refractivity contribution in [1.82, 2.24) is 9.88 Å². The number of amides is 1. The molecular weight excluding hydrogens is 256 g/mol. The van der Waals surface area contributed by atoms with Crippen molar-refractivity contribution in [3.05, 3.63) is 28.5 Å². The third-order valence-corrected chi connectivity index (χ3v) is 4.35. The molecule has 0 N–H and O–H groups in total. The fourth-order valence-electron chi connectivity index (χ4n) is 1.87. The molecule has 3 nitrogen and oxygen atoms in total. The second kappa shape index (κ2) is 5.27. The lowest BCUT2D eigenvalue weighted by atomic mass is 10.2. The van der Waals surface area contributed by atoms with Crippen molar-refractivity contribution in [1.29, 1.82) is 0 Å². The van der Waals surface area contributed by atoms with E-state index in [4.69, 9.17) is 11.6 Å². The number of hydrogen-bond acceptors (Lipinski definition) is 3. The molecule has 1 unspecified atom stereocenters. The first kappa shape index (κ1) is 12.7. The zero-order chi connectivity index (χ0) is 12.4. The molecule has 0 saturated carbocycles. The molecule has 0 spiro atoms. The quantitative estimate of drug-likeness (QED) is 0.787. The molecule has 0 radical (unpaired) electrons. The van der Waals surface area contributed by atoms with E-state index in [1.54, 1.807) is 12.3 Å². The van der Waals surface area contributed by atoms with Gasteiger partial charge in [-0.15, -0.1) is 0 Å². The average molecular weight is 271 g/mol. The normalized spacial score (nSPS) is 20.4. The van der Waals surface area contributed by atoms with Crippen LogP contribution in [0.15, 0.2) is 12.3 Å². The number of thioether (sulfide) groups is 1. The summed E-state index contributed by atoms with van der Waals surface area (Å²) in [5, 5.41) is 0.493. The first-order valence-corrected chi connectivity index (χ1v) is 7.13. The number of hydrogen-bond donors (Lipinski definition) is 0. The van der Waals surface area contributed by atoms with Gasteiger partial charge in [0, 0.05) is 36.0 Å². The Labute approximate surface area is 111 Å². The fraction of sp³-hybridized carbons (Fsp3) is 0.500. The van der Waals surface area contributed by atoms with Crippen LogP contribution in [0.1, 0.15) is 23.0 Å². The number of halogens is 1. The maximum absolute atomic E-state index is 12.3. The number of aryl methyl sites for hydroxylation is 1. The van der Waals surface area contributed by atoms with E-state index in [9.17, 15) is 4.79 Å². The van der Waals surface area contributed by atoms with Crippen LogP contribution in [0.4, 0.5) is 0 Å². The van der Waals surface area contributed by atoms with Gasteiger partial charge in [-0.25, -0.2) is 0 Å². The Hall–Kier alpha value is -0.740. The number of aromatic nitrogens is 1. The highest BCUT2D eigenvalue weighted by Crippen LogP contribution is 2.22. The van der Waals surface area contributed by atoms with Crippen LogP contribution >= 0.6 is 23.4 Å². The van der Waals surface area contributed by atoms with E-state index in [0.717, 1.165) is 23.7 Å². The van der Waals surface area contributed by atoms with Crippen LogP contribution in [0.25, 0.3) is 0 Å². The van der Waals surface area contributed by atoms with Crippen molar-refractivity contribution in [2.45, 2.75) is 19.9 Å². The van der Waals surface area contributed by atoms with Gasteiger partial charge in [0.25, 0.3) is 5.91 Å². The summed E-state index contributed by atoms with van der Waals surface area (Å²) in [4.78, 5) is 18.4. The Morgan fingerprint density at radius 1 is 1.65 bits per heavy atom. The van der Waals surface area contributed by atoms with Crippen molar-refractivity contribution in [2.24, 2.45) is 0 Å². The summed E-state index contributed by atoms with van der Waals surface area (Å²) in [6, 6.07) is 2.00. The molecule has 1 saturated heterocycles. The number of nitrogens with zero attached hydrogens (tertiary/aromatic N) is 2. The van der Waals surface area contributed by atoms with Gasteiger partial charge in [0.05, 0.1) is 10.6 Å². The summed E-state index contributed by atoms with van der Waals surface area (Å²) in [5.41, 5.74) is 1.34. The maximum Gasteiger partial charge on any atom is 0.257 e. The van der Waals surface area contributed by atoms with E-state index in [0.29, 0.717) is 10.6 Å². The molecule has 2 rings (SSSR count). The van der Waals surface area contributed by atoms with Crippen LogP contribution in [0, 0.1) is 6.92 Å². The number of pyridine rings is 1. The van der Waals surface area contributed by atoms with E-state index in [1.165, 1.54) is 0 Å². The predicted octanol–water partition coefficient (Wildman–Crippen LogP) is 2.62. The predicted molar refractivity (Wildman–Crippen MR) is 71.8 cm³/mol. The van der Waals surface area contributed by atoms with E-state index >= 15 is 0 Å². The molecule has 1 atom stereocenters. The van der Waals surface area contributed by atoms with Crippen molar-refractivity contribution >= 4 is 29.3 Å². The topological polar surface area (TPSA) is 33.2 Å². The molecule has 92 valence electrons. The van der Waals surface area contributed by atoms with Gasteiger partial charge >= 0.3 is 0 Å². The summed E-state index contributed by atoms with van der Waals surface area (Å²) < 4.78 is 0.